The van der Waals surface area contributed by atoms with Crippen LogP contribution < -0.4 is 4.90 Å². The van der Waals surface area contributed by atoms with E-state index in [-0.39, 0.29) is 0 Å². The number of anilines is 1. The molecular formula is C13H19N2. The second kappa shape index (κ2) is 4.65. The Bertz CT molecular complexity index is 314. The molecule has 1 aliphatic rings. The van der Waals surface area contributed by atoms with Gasteiger partial charge in [0, 0.05) is 19.3 Å². The molecule has 2 heterocycles. The summed E-state index contributed by atoms with van der Waals surface area (Å²) in [6.07, 6.45) is 5.49. The summed E-state index contributed by atoms with van der Waals surface area (Å²) in [5.74, 6) is 1.99. The fraction of sp³-hybridized carbons (Fsp3) is 0.538. The number of rotatable bonds is 2. The van der Waals surface area contributed by atoms with Gasteiger partial charge in [-0.05, 0) is 37.3 Å². The lowest BCUT2D eigenvalue weighted by Crippen LogP contribution is -2.34. The average Bonchev–Trinajstić information content (AvgIpc) is 2.30. The van der Waals surface area contributed by atoms with Crippen molar-refractivity contribution in [3.63, 3.8) is 0 Å². The van der Waals surface area contributed by atoms with Gasteiger partial charge in [0.15, 0.2) is 0 Å². The summed E-state index contributed by atoms with van der Waals surface area (Å²) < 4.78 is 0. The largest absolute Gasteiger partial charge is 0.356 e. The summed E-state index contributed by atoms with van der Waals surface area (Å²) in [5.41, 5.74) is 1.28. The second-order valence-corrected chi connectivity index (χ2v) is 4.36. The molecule has 0 aliphatic carbocycles. The highest BCUT2D eigenvalue weighted by molar-refractivity contribution is 5.46. The van der Waals surface area contributed by atoms with Crippen LogP contribution in [0.15, 0.2) is 18.3 Å². The Morgan fingerprint density at radius 2 is 2.20 bits per heavy atom. The highest BCUT2D eigenvalue weighted by Gasteiger charge is 2.19. The van der Waals surface area contributed by atoms with Crippen LogP contribution in [0.1, 0.15) is 24.8 Å². The maximum absolute atomic E-state index is 4.46. The van der Waals surface area contributed by atoms with E-state index in [1.807, 2.05) is 12.3 Å². The lowest BCUT2D eigenvalue weighted by atomic mass is 9.94. The summed E-state index contributed by atoms with van der Waals surface area (Å²) >= 11 is 0. The first-order chi connectivity index (χ1) is 7.31. The van der Waals surface area contributed by atoms with Crippen LogP contribution in [-0.2, 0) is 0 Å². The molecule has 0 saturated carbocycles. The van der Waals surface area contributed by atoms with Crippen molar-refractivity contribution in [3.05, 3.63) is 30.8 Å². The summed E-state index contributed by atoms with van der Waals surface area (Å²) in [5, 5.41) is 0. The molecule has 0 unspecified atom stereocenters. The van der Waals surface area contributed by atoms with Crippen molar-refractivity contribution < 1.29 is 0 Å². The van der Waals surface area contributed by atoms with E-state index < -0.39 is 0 Å². The molecular weight excluding hydrogens is 184 g/mol. The molecule has 81 valence electrons. The lowest BCUT2D eigenvalue weighted by Gasteiger charge is -2.33. The van der Waals surface area contributed by atoms with Gasteiger partial charge in [-0.15, -0.1) is 0 Å². The van der Waals surface area contributed by atoms with E-state index in [0.29, 0.717) is 0 Å². The normalized spacial score (nSPS) is 18.1. The Morgan fingerprint density at radius 3 is 2.80 bits per heavy atom. The minimum atomic E-state index is 0.824. The zero-order chi connectivity index (χ0) is 10.7. The van der Waals surface area contributed by atoms with Crippen molar-refractivity contribution in [1.82, 2.24) is 4.98 Å². The molecule has 0 amide bonds. The summed E-state index contributed by atoms with van der Waals surface area (Å²) in [6, 6.07) is 4.14. The van der Waals surface area contributed by atoms with Crippen molar-refractivity contribution in [2.45, 2.75) is 26.2 Å². The quantitative estimate of drug-likeness (QED) is 0.734. The molecule has 1 fully saturated rings. The van der Waals surface area contributed by atoms with Crippen LogP contribution >= 0.6 is 0 Å². The van der Waals surface area contributed by atoms with E-state index in [1.165, 1.54) is 24.2 Å². The Kier molecular flexibility index (Phi) is 3.24. The van der Waals surface area contributed by atoms with Crippen LogP contribution in [0.3, 0.4) is 0 Å². The first-order valence-electron chi connectivity index (χ1n) is 5.77. The van der Waals surface area contributed by atoms with E-state index >= 15 is 0 Å². The van der Waals surface area contributed by atoms with E-state index in [2.05, 4.69) is 29.8 Å². The molecule has 1 radical (unpaired) electrons. The number of piperidine rings is 1. The van der Waals surface area contributed by atoms with Crippen LogP contribution in [-0.4, -0.2) is 18.1 Å². The highest BCUT2D eigenvalue weighted by atomic mass is 15.2. The van der Waals surface area contributed by atoms with Gasteiger partial charge in [0.25, 0.3) is 0 Å². The maximum Gasteiger partial charge on any atom is 0.131 e. The molecule has 0 atom stereocenters. The topological polar surface area (TPSA) is 16.1 Å². The Labute approximate surface area is 92.3 Å². The molecule has 1 saturated heterocycles. The lowest BCUT2D eigenvalue weighted by molar-refractivity contribution is 0.406. The fourth-order valence-corrected chi connectivity index (χ4v) is 2.24. The van der Waals surface area contributed by atoms with Gasteiger partial charge in [-0.3, -0.25) is 0 Å². The van der Waals surface area contributed by atoms with Gasteiger partial charge in [0.2, 0.25) is 0 Å². The van der Waals surface area contributed by atoms with E-state index in [9.17, 15) is 0 Å². The van der Waals surface area contributed by atoms with Crippen LogP contribution in [0, 0.1) is 19.8 Å². The minimum absolute atomic E-state index is 0.824. The predicted molar refractivity (Wildman–Crippen MR) is 63.9 cm³/mol. The van der Waals surface area contributed by atoms with Crippen molar-refractivity contribution in [3.8, 4) is 0 Å². The smallest absolute Gasteiger partial charge is 0.131 e. The third-order valence-corrected chi connectivity index (χ3v) is 3.30. The number of aryl methyl sites for hydroxylation is 1. The van der Waals surface area contributed by atoms with Gasteiger partial charge in [-0.25, -0.2) is 4.98 Å². The van der Waals surface area contributed by atoms with E-state index in [4.69, 9.17) is 0 Å². The van der Waals surface area contributed by atoms with Crippen molar-refractivity contribution in [2.75, 3.05) is 18.0 Å². The molecule has 1 aromatic rings. The molecule has 0 aromatic carbocycles. The van der Waals surface area contributed by atoms with Crippen LogP contribution in [0.4, 0.5) is 5.82 Å². The Morgan fingerprint density at radius 1 is 1.47 bits per heavy atom. The summed E-state index contributed by atoms with van der Waals surface area (Å²) in [7, 11) is 0. The molecule has 2 heteroatoms. The van der Waals surface area contributed by atoms with Crippen molar-refractivity contribution in [1.29, 1.82) is 0 Å². The van der Waals surface area contributed by atoms with E-state index in [0.717, 1.165) is 25.4 Å². The fourth-order valence-electron chi connectivity index (χ4n) is 2.24. The number of aromatic nitrogens is 1. The maximum atomic E-state index is 4.46. The van der Waals surface area contributed by atoms with Crippen molar-refractivity contribution >= 4 is 5.82 Å². The van der Waals surface area contributed by atoms with Crippen LogP contribution in [0.5, 0.6) is 0 Å². The van der Waals surface area contributed by atoms with Gasteiger partial charge in [-0.1, -0.05) is 19.4 Å². The standard InChI is InChI=1S/C13H19N2/c1-3-12-6-9-15(10-7-12)13-11(2)5-4-8-14-13/h4-5,8,12H,1,3,6-7,9-10H2,2H3. The zero-order valence-electron chi connectivity index (χ0n) is 9.45. The number of hydrogen-bond acceptors (Lipinski definition) is 2. The minimum Gasteiger partial charge on any atom is -0.356 e. The number of pyridine rings is 1. The summed E-state index contributed by atoms with van der Waals surface area (Å²) in [4.78, 5) is 6.87. The predicted octanol–water partition coefficient (Wildman–Crippen LogP) is 2.83. The van der Waals surface area contributed by atoms with Gasteiger partial charge < -0.3 is 4.90 Å². The van der Waals surface area contributed by atoms with Gasteiger partial charge in [-0.2, -0.15) is 0 Å². The average molecular weight is 203 g/mol. The Hall–Kier alpha value is -1.05. The van der Waals surface area contributed by atoms with Gasteiger partial charge >= 0.3 is 0 Å². The molecule has 2 rings (SSSR count). The van der Waals surface area contributed by atoms with Gasteiger partial charge in [0.05, 0.1) is 0 Å². The van der Waals surface area contributed by atoms with Crippen molar-refractivity contribution in [2.24, 2.45) is 5.92 Å². The molecule has 15 heavy (non-hydrogen) atoms. The van der Waals surface area contributed by atoms with E-state index in [1.54, 1.807) is 0 Å². The van der Waals surface area contributed by atoms with Crippen LogP contribution in [0.2, 0.25) is 0 Å². The SMILES string of the molecule is [CH2]CC1CCN(c2ncccc2C)CC1. The Balaban J connectivity index is 2.04. The first kappa shape index (κ1) is 10.5. The second-order valence-electron chi connectivity index (χ2n) is 4.36. The first-order valence-corrected chi connectivity index (χ1v) is 5.77. The zero-order valence-corrected chi connectivity index (χ0v) is 9.45. The number of hydrogen-bond donors (Lipinski definition) is 0. The third kappa shape index (κ3) is 2.31. The molecule has 1 aliphatic heterocycles. The molecule has 0 bridgehead atoms. The molecule has 0 N–H and O–H groups in total. The number of nitrogens with zero attached hydrogens (tertiary/aromatic N) is 2. The highest BCUT2D eigenvalue weighted by Crippen LogP contribution is 2.25. The van der Waals surface area contributed by atoms with Gasteiger partial charge in [0.1, 0.15) is 5.82 Å². The summed E-state index contributed by atoms with van der Waals surface area (Å²) in [6.45, 7) is 8.40. The molecule has 1 aromatic heterocycles. The molecule has 0 spiro atoms. The molecule has 2 nitrogen and oxygen atoms in total. The van der Waals surface area contributed by atoms with Crippen LogP contribution in [0.25, 0.3) is 0 Å². The monoisotopic (exact) mass is 203 g/mol. The third-order valence-electron chi connectivity index (χ3n) is 3.30.